The smallest absolute Gasteiger partial charge is 0.135 e. The number of hydrogen-bond acceptors (Lipinski definition) is 4. The number of aromatic nitrogens is 3. The summed E-state index contributed by atoms with van der Waals surface area (Å²) in [5.41, 5.74) is 0. The van der Waals surface area contributed by atoms with E-state index in [0.717, 1.165) is 50.5 Å². The maximum Gasteiger partial charge on any atom is 0.135 e. The van der Waals surface area contributed by atoms with Gasteiger partial charge in [0.25, 0.3) is 0 Å². The molecule has 1 aromatic heterocycles. The Bertz CT molecular complexity index is 399. The third kappa shape index (κ3) is 2.42. The topological polar surface area (TPSA) is 60.2 Å². The SMILES string of the molecule is OCC1CCc2nnc(CC3CCCCO3)n2C1. The maximum absolute atomic E-state index is 9.29. The van der Waals surface area contributed by atoms with Crippen LogP contribution < -0.4 is 0 Å². The van der Waals surface area contributed by atoms with Gasteiger partial charge in [-0.2, -0.15) is 0 Å². The minimum atomic E-state index is 0.261. The molecule has 3 rings (SSSR count). The first-order valence-corrected chi connectivity index (χ1v) is 7.00. The zero-order valence-electron chi connectivity index (χ0n) is 10.7. The van der Waals surface area contributed by atoms with Gasteiger partial charge in [-0.1, -0.05) is 0 Å². The van der Waals surface area contributed by atoms with Gasteiger partial charge in [-0.05, 0) is 25.7 Å². The number of aliphatic hydroxyl groups is 1. The van der Waals surface area contributed by atoms with Gasteiger partial charge in [0, 0.05) is 38.5 Å². The van der Waals surface area contributed by atoms with Crippen molar-refractivity contribution in [2.24, 2.45) is 5.92 Å². The highest BCUT2D eigenvalue weighted by Gasteiger charge is 2.24. The van der Waals surface area contributed by atoms with Crippen molar-refractivity contribution in [3.05, 3.63) is 11.6 Å². The van der Waals surface area contributed by atoms with Crippen molar-refractivity contribution >= 4 is 0 Å². The Labute approximate surface area is 107 Å². The Balaban J connectivity index is 1.71. The number of rotatable bonds is 3. The summed E-state index contributed by atoms with van der Waals surface area (Å²) < 4.78 is 7.96. The fourth-order valence-electron chi connectivity index (χ4n) is 2.92. The molecule has 2 unspecified atom stereocenters. The van der Waals surface area contributed by atoms with E-state index in [4.69, 9.17) is 4.74 Å². The van der Waals surface area contributed by atoms with E-state index in [1.807, 2.05) is 0 Å². The molecule has 0 bridgehead atoms. The van der Waals surface area contributed by atoms with Gasteiger partial charge in [0.1, 0.15) is 11.6 Å². The quantitative estimate of drug-likeness (QED) is 0.868. The lowest BCUT2D eigenvalue weighted by Gasteiger charge is -2.25. The molecular formula is C13H21N3O2. The van der Waals surface area contributed by atoms with Gasteiger partial charge in [-0.25, -0.2) is 0 Å². The van der Waals surface area contributed by atoms with Crippen LogP contribution in [0.4, 0.5) is 0 Å². The third-order valence-corrected chi connectivity index (χ3v) is 4.06. The van der Waals surface area contributed by atoms with Gasteiger partial charge in [0.05, 0.1) is 6.10 Å². The van der Waals surface area contributed by atoms with Crippen LogP contribution in [0.25, 0.3) is 0 Å². The fourth-order valence-corrected chi connectivity index (χ4v) is 2.92. The molecule has 1 saturated heterocycles. The van der Waals surface area contributed by atoms with Crippen LogP contribution in [0.2, 0.25) is 0 Å². The van der Waals surface area contributed by atoms with Gasteiger partial charge in [-0.3, -0.25) is 0 Å². The molecule has 0 saturated carbocycles. The summed E-state index contributed by atoms with van der Waals surface area (Å²) in [6.45, 7) is 2.00. The summed E-state index contributed by atoms with van der Waals surface area (Å²) in [6, 6.07) is 0. The zero-order chi connectivity index (χ0) is 12.4. The van der Waals surface area contributed by atoms with Crippen LogP contribution in [-0.4, -0.2) is 39.2 Å². The second-order valence-corrected chi connectivity index (χ2v) is 5.42. The first-order chi connectivity index (χ1) is 8.86. The Morgan fingerprint density at radius 3 is 3.00 bits per heavy atom. The summed E-state index contributed by atoms with van der Waals surface area (Å²) in [4.78, 5) is 0. The molecule has 0 amide bonds. The van der Waals surface area contributed by atoms with Crippen LogP contribution in [0.5, 0.6) is 0 Å². The van der Waals surface area contributed by atoms with Crippen molar-refractivity contribution in [1.29, 1.82) is 0 Å². The van der Waals surface area contributed by atoms with E-state index in [0.29, 0.717) is 12.0 Å². The molecule has 2 atom stereocenters. The second-order valence-electron chi connectivity index (χ2n) is 5.42. The van der Waals surface area contributed by atoms with Crippen molar-refractivity contribution < 1.29 is 9.84 Å². The average Bonchev–Trinajstić information content (AvgIpc) is 2.82. The van der Waals surface area contributed by atoms with Crippen molar-refractivity contribution in [1.82, 2.24) is 14.8 Å². The number of hydrogen-bond donors (Lipinski definition) is 1. The number of nitrogens with zero attached hydrogens (tertiary/aromatic N) is 3. The minimum Gasteiger partial charge on any atom is -0.396 e. The summed E-state index contributed by atoms with van der Waals surface area (Å²) in [7, 11) is 0. The van der Waals surface area contributed by atoms with Crippen LogP contribution in [0.3, 0.4) is 0 Å². The summed E-state index contributed by atoms with van der Waals surface area (Å²) >= 11 is 0. The van der Waals surface area contributed by atoms with E-state index in [-0.39, 0.29) is 6.61 Å². The number of fused-ring (bicyclic) bond motifs is 1. The molecule has 3 heterocycles. The van der Waals surface area contributed by atoms with E-state index in [9.17, 15) is 5.11 Å². The third-order valence-electron chi connectivity index (χ3n) is 4.06. The largest absolute Gasteiger partial charge is 0.396 e. The van der Waals surface area contributed by atoms with Gasteiger partial charge in [0.2, 0.25) is 0 Å². The zero-order valence-corrected chi connectivity index (χ0v) is 10.7. The minimum absolute atomic E-state index is 0.261. The lowest BCUT2D eigenvalue weighted by molar-refractivity contribution is 0.0148. The first-order valence-electron chi connectivity index (χ1n) is 7.00. The van der Waals surface area contributed by atoms with E-state index in [1.54, 1.807) is 0 Å². The Hall–Kier alpha value is -0.940. The van der Waals surface area contributed by atoms with Crippen molar-refractivity contribution in [3.63, 3.8) is 0 Å². The summed E-state index contributed by atoms with van der Waals surface area (Å²) in [5, 5.41) is 17.9. The molecule has 0 radical (unpaired) electrons. The van der Waals surface area contributed by atoms with Crippen LogP contribution in [-0.2, 0) is 24.1 Å². The molecule has 100 valence electrons. The molecule has 18 heavy (non-hydrogen) atoms. The van der Waals surface area contributed by atoms with Crippen molar-refractivity contribution in [2.75, 3.05) is 13.2 Å². The highest BCUT2D eigenvalue weighted by atomic mass is 16.5. The van der Waals surface area contributed by atoms with Crippen molar-refractivity contribution in [3.8, 4) is 0 Å². The molecular weight excluding hydrogens is 230 g/mol. The molecule has 0 aliphatic carbocycles. The Morgan fingerprint density at radius 2 is 2.22 bits per heavy atom. The first kappa shape index (κ1) is 12.1. The van der Waals surface area contributed by atoms with Gasteiger partial charge < -0.3 is 14.4 Å². The molecule has 2 aliphatic heterocycles. The molecule has 1 fully saturated rings. The molecule has 1 aromatic rings. The molecule has 0 aromatic carbocycles. The molecule has 5 nitrogen and oxygen atoms in total. The average molecular weight is 251 g/mol. The fraction of sp³-hybridized carbons (Fsp3) is 0.846. The normalized spacial score (nSPS) is 28.1. The van der Waals surface area contributed by atoms with Crippen LogP contribution >= 0.6 is 0 Å². The highest BCUT2D eigenvalue weighted by molar-refractivity contribution is 5.01. The predicted octanol–water partition coefficient (Wildman–Crippen LogP) is 0.944. The standard InChI is InChI=1S/C13H21N3O2/c17-9-10-4-5-12-14-15-13(16(12)8-10)7-11-3-1-2-6-18-11/h10-11,17H,1-9H2. The van der Waals surface area contributed by atoms with Gasteiger partial charge in [-0.15, -0.1) is 10.2 Å². The maximum atomic E-state index is 9.29. The van der Waals surface area contributed by atoms with E-state index in [1.165, 1.54) is 12.8 Å². The number of aliphatic hydroxyl groups excluding tert-OH is 1. The van der Waals surface area contributed by atoms with Crippen LogP contribution in [0, 0.1) is 5.92 Å². The molecule has 1 N–H and O–H groups in total. The van der Waals surface area contributed by atoms with E-state index in [2.05, 4.69) is 14.8 Å². The number of aryl methyl sites for hydroxylation is 1. The second kappa shape index (κ2) is 5.36. The van der Waals surface area contributed by atoms with Gasteiger partial charge in [0.15, 0.2) is 0 Å². The predicted molar refractivity (Wildman–Crippen MR) is 66.2 cm³/mol. The van der Waals surface area contributed by atoms with Crippen LogP contribution in [0.15, 0.2) is 0 Å². The lowest BCUT2D eigenvalue weighted by Crippen LogP contribution is -2.27. The summed E-state index contributed by atoms with van der Waals surface area (Å²) in [6.07, 6.45) is 6.70. The monoisotopic (exact) mass is 251 g/mol. The molecule has 2 aliphatic rings. The molecule has 5 heteroatoms. The van der Waals surface area contributed by atoms with E-state index < -0.39 is 0 Å². The van der Waals surface area contributed by atoms with E-state index >= 15 is 0 Å². The summed E-state index contributed by atoms with van der Waals surface area (Å²) in [5.74, 6) is 2.47. The highest BCUT2D eigenvalue weighted by Crippen LogP contribution is 2.22. The number of ether oxygens (including phenoxy) is 1. The Morgan fingerprint density at radius 1 is 1.28 bits per heavy atom. The van der Waals surface area contributed by atoms with Crippen LogP contribution in [0.1, 0.15) is 37.3 Å². The van der Waals surface area contributed by atoms with Gasteiger partial charge >= 0.3 is 0 Å². The molecule has 0 spiro atoms. The Kier molecular flexibility index (Phi) is 3.61. The van der Waals surface area contributed by atoms with Crippen molar-refractivity contribution in [2.45, 2.75) is 51.2 Å². The lowest BCUT2D eigenvalue weighted by atomic mass is 10.00.